The molecule has 3 aromatic rings. The third-order valence-corrected chi connectivity index (χ3v) is 4.26. The number of benzene rings is 1. The first-order chi connectivity index (χ1) is 11.0. The number of aromatic carboxylic acids is 1. The monoisotopic (exact) mass is 329 g/mol. The molecule has 116 valence electrons. The number of hydrogen-bond acceptors (Lipinski definition) is 3. The molecule has 1 aliphatic carbocycles. The Bertz CT molecular complexity index is 984. The second-order valence-electron chi connectivity index (χ2n) is 5.64. The van der Waals surface area contributed by atoms with Crippen LogP contribution in [0, 0.1) is 0 Å². The molecule has 2 heterocycles. The minimum atomic E-state index is -1.11. The SMILES string of the molecule is O=C(O)c1nn2cc(-c3ccc(Cl)cc3)[nH]c(=O)c2c1C1CC1. The molecule has 1 aromatic carbocycles. The number of carboxylic acids is 1. The van der Waals surface area contributed by atoms with Crippen LogP contribution in [0.1, 0.15) is 34.8 Å². The number of aromatic nitrogens is 3. The summed E-state index contributed by atoms with van der Waals surface area (Å²) in [5.41, 5.74) is 1.82. The highest BCUT2D eigenvalue weighted by Crippen LogP contribution is 2.43. The smallest absolute Gasteiger partial charge is 0.356 e. The third kappa shape index (κ3) is 2.31. The lowest BCUT2D eigenvalue weighted by atomic mass is 10.1. The average molecular weight is 330 g/mol. The van der Waals surface area contributed by atoms with Crippen molar-refractivity contribution in [3.8, 4) is 11.3 Å². The Kier molecular flexibility index (Phi) is 3.02. The first-order valence-electron chi connectivity index (χ1n) is 7.19. The molecule has 0 bridgehead atoms. The number of halogens is 1. The lowest BCUT2D eigenvalue weighted by Gasteiger charge is -2.03. The zero-order valence-corrected chi connectivity index (χ0v) is 12.7. The van der Waals surface area contributed by atoms with Crippen LogP contribution in [0.4, 0.5) is 0 Å². The maximum atomic E-state index is 12.5. The number of nitrogens with zero attached hydrogens (tertiary/aromatic N) is 2. The van der Waals surface area contributed by atoms with Gasteiger partial charge in [-0.05, 0) is 36.5 Å². The standard InChI is InChI=1S/C16H12ClN3O3/c17-10-5-3-8(4-6-10)11-7-20-14(15(21)18-11)12(9-1-2-9)13(19-20)16(22)23/h3-7,9H,1-2H2,(H,18,21)(H,22,23). The topological polar surface area (TPSA) is 87.5 Å². The van der Waals surface area contributed by atoms with Crippen molar-refractivity contribution in [2.24, 2.45) is 0 Å². The summed E-state index contributed by atoms with van der Waals surface area (Å²) < 4.78 is 1.37. The molecule has 2 N–H and O–H groups in total. The van der Waals surface area contributed by atoms with Gasteiger partial charge in [0.15, 0.2) is 5.69 Å². The Morgan fingerprint density at radius 2 is 2.00 bits per heavy atom. The second kappa shape index (κ2) is 4.96. The minimum absolute atomic E-state index is 0.0359. The van der Waals surface area contributed by atoms with Crippen molar-refractivity contribution in [3.63, 3.8) is 0 Å². The predicted molar refractivity (Wildman–Crippen MR) is 85.2 cm³/mol. The van der Waals surface area contributed by atoms with Gasteiger partial charge in [0.05, 0.1) is 11.9 Å². The van der Waals surface area contributed by atoms with E-state index in [4.69, 9.17) is 11.6 Å². The quantitative estimate of drug-likeness (QED) is 0.773. The minimum Gasteiger partial charge on any atom is -0.476 e. The van der Waals surface area contributed by atoms with E-state index in [0.717, 1.165) is 18.4 Å². The van der Waals surface area contributed by atoms with Gasteiger partial charge >= 0.3 is 5.97 Å². The molecule has 0 unspecified atom stereocenters. The molecule has 0 saturated heterocycles. The predicted octanol–water partition coefficient (Wildman–Crippen LogP) is 2.92. The van der Waals surface area contributed by atoms with Gasteiger partial charge < -0.3 is 10.1 Å². The van der Waals surface area contributed by atoms with Crippen LogP contribution in [0.5, 0.6) is 0 Å². The maximum absolute atomic E-state index is 12.5. The summed E-state index contributed by atoms with van der Waals surface area (Å²) in [6.07, 6.45) is 3.41. The highest BCUT2D eigenvalue weighted by molar-refractivity contribution is 6.30. The van der Waals surface area contributed by atoms with Gasteiger partial charge in [-0.25, -0.2) is 9.31 Å². The van der Waals surface area contributed by atoms with Crippen molar-refractivity contribution in [2.45, 2.75) is 18.8 Å². The largest absolute Gasteiger partial charge is 0.476 e. The fraction of sp³-hybridized carbons (Fsp3) is 0.188. The molecule has 0 radical (unpaired) electrons. The summed E-state index contributed by atoms with van der Waals surface area (Å²) >= 11 is 5.87. The van der Waals surface area contributed by atoms with Crippen LogP contribution in [-0.2, 0) is 0 Å². The number of hydrogen-bond donors (Lipinski definition) is 2. The lowest BCUT2D eigenvalue weighted by molar-refractivity contribution is 0.0689. The van der Waals surface area contributed by atoms with Crippen LogP contribution in [0.3, 0.4) is 0 Å². The molecule has 23 heavy (non-hydrogen) atoms. The Morgan fingerprint density at radius 1 is 1.30 bits per heavy atom. The molecule has 0 aliphatic heterocycles. The first-order valence-corrected chi connectivity index (χ1v) is 7.57. The van der Waals surface area contributed by atoms with E-state index >= 15 is 0 Å². The van der Waals surface area contributed by atoms with Crippen LogP contribution >= 0.6 is 11.6 Å². The second-order valence-corrected chi connectivity index (χ2v) is 6.08. The molecule has 1 saturated carbocycles. The highest BCUT2D eigenvalue weighted by Gasteiger charge is 2.34. The van der Waals surface area contributed by atoms with Crippen molar-refractivity contribution in [1.82, 2.24) is 14.6 Å². The molecular formula is C16H12ClN3O3. The van der Waals surface area contributed by atoms with Gasteiger partial charge in [-0.2, -0.15) is 5.10 Å². The van der Waals surface area contributed by atoms with Crippen molar-refractivity contribution < 1.29 is 9.90 Å². The molecule has 2 aromatic heterocycles. The zero-order valence-electron chi connectivity index (χ0n) is 11.9. The number of carboxylic acid groups (broad SMARTS) is 1. The van der Waals surface area contributed by atoms with Crippen LogP contribution in [0.15, 0.2) is 35.3 Å². The number of fused-ring (bicyclic) bond motifs is 1. The number of rotatable bonds is 3. The van der Waals surface area contributed by atoms with Crippen LogP contribution in [0.2, 0.25) is 5.02 Å². The summed E-state index contributed by atoms with van der Waals surface area (Å²) in [5, 5.41) is 14.1. The van der Waals surface area contributed by atoms with Gasteiger partial charge in [0.25, 0.3) is 5.56 Å². The van der Waals surface area contributed by atoms with Crippen molar-refractivity contribution in [3.05, 3.63) is 57.1 Å². The Balaban J connectivity index is 1.96. The van der Waals surface area contributed by atoms with E-state index in [1.807, 2.05) is 0 Å². The van der Waals surface area contributed by atoms with Gasteiger partial charge in [-0.1, -0.05) is 23.7 Å². The van der Waals surface area contributed by atoms with Gasteiger partial charge in [0, 0.05) is 10.6 Å². The lowest BCUT2D eigenvalue weighted by Crippen LogP contribution is -2.12. The van der Waals surface area contributed by atoms with Crippen molar-refractivity contribution in [2.75, 3.05) is 0 Å². The summed E-state index contributed by atoms with van der Waals surface area (Å²) in [6, 6.07) is 7.01. The van der Waals surface area contributed by atoms with E-state index in [0.29, 0.717) is 21.8 Å². The summed E-state index contributed by atoms with van der Waals surface area (Å²) in [6.45, 7) is 0. The van der Waals surface area contributed by atoms with E-state index in [-0.39, 0.29) is 17.2 Å². The molecule has 0 atom stereocenters. The van der Waals surface area contributed by atoms with Gasteiger partial charge in [-0.15, -0.1) is 0 Å². The van der Waals surface area contributed by atoms with E-state index in [2.05, 4.69) is 10.1 Å². The number of H-pyrrole nitrogens is 1. The molecular weight excluding hydrogens is 318 g/mol. The van der Waals surface area contributed by atoms with Crippen LogP contribution in [-0.4, -0.2) is 25.7 Å². The maximum Gasteiger partial charge on any atom is 0.356 e. The molecule has 0 spiro atoms. The molecule has 1 fully saturated rings. The molecule has 6 nitrogen and oxygen atoms in total. The number of nitrogens with one attached hydrogen (secondary N) is 1. The van der Waals surface area contributed by atoms with Gasteiger partial charge in [-0.3, -0.25) is 4.79 Å². The zero-order chi connectivity index (χ0) is 16.1. The van der Waals surface area contributed by atoms with Gasteiger partial charge in [0.2, 0.25) is 0 Å². The highest BCUT2D eigenvalue weighted by atomic mass is 35.5. The Hall–Kier alpha value is -2.60. The first kappa shape index (κ1) is 14.0. The molecule has 4 rings (SSSR count). The summed E-state index contributed by atoms with van der Waals surface area (Å²) in [5.74, 6) is -0.996. The molecule has 0 amide bonds. The number of carbonyl (C=O) groups is 1. The fourth-order valence-corrected chi connectivity index (χ4v) is 2.92. The summed E-state index contributed by atoms with van der Waals surface area (Å²) in [7, 11) is 0. The average Bonchev–Trinajstić information content (AvgIpc) is 3.27. The van der Waals surface area contributed by atoms with E-state index in [9.17, 15) is 14.7 Å². The van der Waals surface area contributed by atoms with Crippen LogP contribution in [0.25, 0.3) is 16.8 Å². The van der Waals surface area contributed by atoms with Gasteiger partial charge in [0.1, 0.15) is 5.52 Å². The molecule has 7 heteroatoms. The van der Waals surface area contributed by atoms with E-state index in [1.165, 1.54) is 4.52 Å². The van der Waals surface area contributed by atoms with E-state index in [1.54, 1.807) is 30.5 Å². The molecule has 1 aliphatic rings. The van der Waals surface area contributed by atoms with Crippen LogP contribution < -0.4 is 5.56 Å². The summed E-state index contributed by atoms with van der Waals surface area (Å²) in [4.78, 5) is 26.7. The number of aromatic amines is 1. The Labute approximate surface area is 135 Å². The normalized spacial score (nSPS) is 14.3. The Morgan fingerprint density at radius 3 is 2.61 bits per heavy atom. The fourth-order valence-electron chi connectivity index (χ4n) is 2.80. The van der Waals surface area contributed by atoms with Crippen molar-refractivity contribution in [1.29, 1.82) is 0 Å². The van der Waals surface area contributed by atoms with E-state index < -0.39 is 5.97 Å². The van der Waals surface area contributed by atoms with Crippen molar-refractivity contribution >= 4 is 23.1 Å². The third-order valence-electron chi connectivity index (χ3n) is 4.01.